The van der Waals surface area contributed by atoms with Gasteiger partial charge in [-0.15, -0.1) is 0 Å². The Kier molecular flexibility index (Phi) is 4.43. The lowest BCUT2D eigenvalue weighted by atomic mass is 10.2. The predicted molar refractivity (Wildman–Crippen MR) is 73.6 cm³/mol. The zero-order chi connectivity index (χ0) is 14.4. The Morgan fingerprint density at radius 2 is 2.25 bits per heavy atom. The summed E-state index contributed by atoms with van der Waals surface area (Å²) in [5.41, 5.74) is 1.34. The van der Waals surface area contributed by atoms with Crippen molar-refractivity contribution >= 4 is 11.4 Å². The molecule has 0 fully saturated rings. The first-order chi connectivity index (χ1) is 9.69. The van der Waals surface area contributed by atoms with Gasteiger partial charge in [-0.2, -0.15) is 10.2 Å². The van der Waals surface area contributed by atoms with Crippen LogP contribution in [0.4, 0.5) is 11.4 Å². The molecule has 1 N–H and O–H groups in total. The van der Waals surface area contributed by atoms with E-state index in [9.17, 15) is 10.1 Å². The zero-order valence-electron chi connectivity index (χ0n) is 10.9. The van der Waals surface area contributed by atoms with Gasteiger partial charge in [-0.1, -0.05) is 0 Å². The molecule has 0 atom stereocenters. The molecule has 0 saturated heterocycles. The summed E-state index contributed by atoms with van der Waals surface area (Å²) in [6.45, 7) is 2.71. The fraction of sp³-hybridized carbons (Fsp3) is 0.231. The summed E-state index contributed by atoms with van der Waals surface area (Å²) in [5.74, 6) is 0.461. The smallest absolute Gasteiger partial charge is 0.275 e. The summed E-state index contributed by atoms with van der Waals surface area (Å²) in [7, 11) is 0. The Hall–Kier alpha value is -2.70. The Morgan fingerprint density at radius 1 is 1.40 bits per heavy atom. The van der Waals surface area contributed by atoms with Crippen LogP contribution in [-0.2, 0) is 6.54 Å². The highest BCUT2D eigenvalue weighted by Gasteiger charge is 2.10. The van der Waals surface area contributed by atoms with Crippen LogP contribution in [0.15, 0.2) is 36.5 Å². The third kappa shape index (κ3) is 3.64. The van der Waals surface area contributed by atoms with Crippen molar-refractivity contribution in [2.45, 2.75) is 13.5 Å². The van der Waals surface area contributed by atoms with Crippen LogP contribution in [0.25, 0.3) is 0 Å². The molecular weight excluding hydrogens is 260 g/mol. The fourth-order valence-corrected chi connectivity index (χ4v) is 1.66. The maximum atomic E-state index is 10.9. The van der Waals surface area contributed by atoms with Gasteiger partial charge in [-0.3, -0.25) is 10.1 Å². The van der Waals surface area contributed by atoms with Crippen LogP contribution >= 0.6 is 0 Å². The van der Waals surface area contributed by atoms with Gasteiger partial charge in [0.25, 0.3) is 5.69 Å². The van der Waals surface area contributed by atoms with E-state index < -0.39 is 4.92 Å². The van der Waals surface area contributed by atoms with Gasteiger partial charge in [0.1, 0.15) is 5.75 Å². The Morgan fingerprint density at radius 3 is 2.90 bits per heavy atom. The molecule has 1 aromatic heterocycles. The monoisotopic (exact) mass is 274 g/mol. The van der Waals surface area contributed by atoms with Crippen LogP contribution in [0.5, 0.6) is 5.75 Å². The topological polar surface area (TPSA) is 90.2 Å². The second-order valence-electron chi connectivity index (χ2n) is 3.97. The minimum absolute atomic E-state index is 0.0161. The average molecular weight is 274 g/mol. The Balaban J connectivity index is 2.15. The number of ether oxygens (including phenoxy) is 1. The van der Waals surface area contributed by atoms with Crippen molar-refractivity contribution in [3.05, 3.63) is 52.3 Å². The van der Waals surface area contributed by atoms with Crippen LogP contribution in [0.3, 0.4) is 0 Å². The summed E-state index contributed by atoms with van der Waals surface area (Å²) in [5, 5.41) is 21.7. The zero-order valence-corrected chi connectivity index (χ0v) is 10.9. The highest BCUT2D eigenvalue weighted by atomic mass is 16.6. The molecule has 1 aromatic carbocycles. The first kappa shape index (κ1) is 13.7. The van der Waals surface area contributed by atoms with Gasteiger partial charge < -0.3 is 10.1 Å². The van der Waals surface area contributed by atoms with Gasteiger partial charge in [0, 0.05) is 24.0 Å². The SMILES string of the molecule is CCOc1cc(NCc2cccnn2)cc([N+](=O)[O-])c1. The van der Waals surface area contributed by atoms with Crippen molar-refractivity contribution in [1.29, 1.82) is 0 Å². The summed E-state index contributed by atoms with van der Waals surface area (Å²) >= 11 is 0. The molecule has 1 heterocycles. The molecule has 0 radical (unpaired) electrons. The van der Waals surface area contributed by atoms with E-state index in [1.54, 1.807) is 18.3 Å². The fourth-order valence-electron chi connectivity index (χ4n) is 1.66. The lowest BCUT2D eigenvalue weighted by molar-refractivity contribution is -0.384. The molecule has 0 amide bonds. The molecule has 2 rings (SSSR count). The van der Waals surface area contributed by atoms with E-state index in [0.29, 0.717) is 24.6 Å². The first-order valence-corrected chi connectivity index (χ1v) is 6.11. The van der Waals surface area contributed by atoms with Crippen LogP contribution in [0.2, 0.25) is 0 Å². The lowest BCUT2D eigenvalue weighted by Crippen LogP contribution is -2.03. The van der Waals surface area contributed by atoms with Gasteiger partial charge in [0.2, 0.25) is 0 Å². The van der Waals surface area contributed by atoms with Crippen molar-refractivity contribution in [2.24, 2.45) is 0 Å². The van der Waals surface area contributed by atoms with E-state index >= 15 is 0 Å². The van der Waals surface area contributed by atoms with E-state index in [4.69, 9.17) is 4.74 Å². The number of benzene rings is 1. The molecular formula is C13H14N4O3. The van der Waals surface area contributed by atoms with Crippen molar-refractivity contribution < 1.29 is 9.66 Å². The molecule has 0 saturated carbocycles. The van der Waals surface area contributed by atoms with Crippen LogP contribution in [0, 0.1) is 10.1 Å². The van der Waals surface area contributed by atoms with E-state index in [1.807, 2.05) is 13.0 Å². The minimum Gasteiger partial charge on any atom is -0.494 e. The maximum Gasteiger partial charge on any atom is 0.275 e. The average Bonchev–Trinajstić information content (AvgIpc) is 2.46. The summed E-state index contributed by atoms with van der Waals surface area (Å²) < 4.78 is 5.32. The van der Waals surface area contributed by atoms with E-state index in [0.717, 1.165) is 5.69 Å². The second-order valence-corrected chi connectivity index (χ2v) is 3.97. The van der Waals surface area contributed by atoms with Crippen molar-refractivity contribution in [2.75, 3.05) is 11.9 Å². The van der Waals surface area contributed by atoms with E-state index in [1.165, 1.54) is 12.1 Å². The van der Waals surface area contributed by atoms with Gasteiger partial charge >= 0.3 is 0 Å². The number of non-ortho nitro benzene ring substituents is 1. The molecule has 0 spiro atoms. The molecule has 0 bridgehead atoms. The number of nitro groups is 1. The molecule has 20 heavy (non-hydrogen) atoms. The standard InChI is InChI=1S/C13H14N4O3/c1-2-20-13-7-11(6-12(8-13)17(18)19)14-9-10-4-3-5-15-16-10/h3-8,14H,2,9H2,1H3. The molecule has 7 heteroatoms. The largest absolute Gasteiger partial charge is 0.494 e. The van der Waals surface area contributed by atoms with Crippen molar-refractivity contribution in [3.8, 4) is 5.75 Å². The highest BCUT2D eigenvalue weighted by molar-refractivity contribution is 5.56. The van der Waals surface area contributed by atoms with Crippen molar-refractivity contribution in [1.82, 2.24) is 10.2 Å². The number of rotatable bonds is 6. The molecule has 2 aromatic rings. The number of hydrogen-bond acceptors (Lipinski definition) is 6. The molecule has 0 aliphatic heterocycles. The summed E-state index contributed by atoms with van der Waals surface area (Å²) in [6.07, 6.45) is 1.59. The van der Waals surface area contributed by atoms with Crippen LogP contribution in [-0.4, -0.2) is 21.7 Å². The maximum absolute atomic E-state index is 10.9. The molecule has 104 valence electrons. The molecule has 7 nitrogen and oxygen atoms in total. The number of nitrogens with zero attached hydrogens (tertiary/aromatic N) is 3. The van der Waals surface area contributed by atoms with Gasteiger partial charge in [-0.25, -0.2) is 0 Å². The summed E-state index contributed by atoms with van der Waals surface area (Å²) in [4.78, 5) is 10.4. The molecule has 0 aliphatic carbocycles. The highest BCUT2D eigenvalue weighted by Crippen LogP contribution is 2.26. The lowest BCUT2D eigenvalue weighted by Gasteiger charge is -2.08. The normalized spacial score (nSPS) is 10.1. The number of hydrogen-bond donors (Lipinski definition) is 1. The van der Waals surface area contributed by atoms with Crippen molar-refractivity contribution in [3.63, 3.8) is 0 Å². The Labute approximate surface area is 115 Å². The third-order valence-electron chi connectivity index (χ3n) is 2.51. The van der Waals surface area contributed by atoms with Gasteiger partial charge in [-0.05, 0) is 19.1 Å². The van der Waals surface area contributed by atoms with Crippen LogP contribution in [0.1, 0.15) is 12.6 Å². The quantitative estimate of drug-likeness (QED) is 0.642. The van der Waals surface area contributed by atoms with Gasteiger partial charge in [0.05, 0.1) is 29.8 Å². The first-order valence-electron chi connectivity index (χ1n) is 6.11. The Bertz CT molecular complexity index is 589. The minimum atomic E-state index is -0.448. The van der Waals surface area contributed by atoms with E-state index in [2.05, 4.69) is 15.5 Å². The van der Waals surface area contributed by atoms with E-state index in [-0.39, 0.29) is 5.69 Å². The number of nitro benzene ring substituents is 1. The predicted octanol–water partition coefficient (Wildman–Crippen LogP) is 2.40. The second kappa shape index (κ2) is 6.46. The molecule has 0 aliphatic rings. The van der Waals surface area contributed by atoms with Crippen LogP contribution < -0.4 is 10.1 Å². The summed E-state index contributed by atoms with van der Waals surface area (Å²) in [6, 6.07) is 8.17. The molecule has 0 unspecified atom stereocenters. The van der Waals surface area contributed by atoms with Gasteiger partial charge in [0.15, 0.2) is 0 Å². The third-order valence-corrected chi connectivity index (χ3v) is 2.51. The number of nitrogens with one attached hydrogen (secondary N) is 1. The number of anilines is 1. The number of aromatic nitrogens is 2.